The molecule has 3 aromatic rings. The van der Waals surface area contributed by atoms with Crippen LogP contribution in [0, 0.1) is 0 Å². The van der Waals surface area contributed by atoms with E-state index in [-0.39, 0.29) is 5.91 Å². The number of carbonyl (C=O) groups is 1. The average molecular weight is 375 g/mol. The largest absolute Gasteiger partial charge is 0.342 e. The highest BCUT2D eigenvalue weighted by Gasteiger charge is 2.29. The molecule has 0 unspecified atom stereocenters. The predicted octanol–water partition coefficient (Wildman–Crippen LogP) is 4.16. The maximum absolute atomic E-state index is 12.6. The van der Waals surface area contributed by atoms with Crippen molar-refractivity contribution in [3.63, 3.8) is 0 Å². The molecular weight excluding hydrogens is 354 g/mol. The monoisotopic (exact) mass is 375 g/mol. The number of benzene rings is 2. The molecule has 1 fully saturated rings. The number of aromatic nitrogens is 1. The maximum atomic E-state index is 12.6. The lowest BCUT2D eigenvalue weighted by Gasteiger charge is -2.11. The third kappa shape index (κ3) is 3.38. The van der Waals surface area contributed by atoms with E-state index in [1.807, 2.05) is 43.3 Å². The Hall–Kier alpha value is -2.92. The number of hydrogen-bond donors (Lipinski definition) is 1. The van der Waals surface area contributed by atoms with Crippen LogP contribution in [0.15, 0.2) is 66.5 Å². The van der Waals surface area contributed by atoms with Crippen molar-refractivity contribution in [3.05, 3.63) is 77.6 Å². The van der Waals surface area contributed by atoms with Crippen LogP contribution in [0.3, 0.4) is 0 Å². The molecule has 2 aromatic carbocycles. The molecule has 0 atom stereocenters. The van der Waals surface area contributed by atoms with Gasteiger partial charge in [-0.15, -0.1) is 0 Å². The molecule has 1 N–H and O–H groups in total. The lowest BCUT2D eigenvalue weighted by molar-refractivity contribution is -0.122. The SMILES string of the molecule is CCCN1C(=O)C(=Cc2cn(Cc3ccccc3)c3ccccc23)NC1=S. The Labute approximate surface area is 164 Å². The van der Waals surface area contributed by atoms with Crippen LogP contribution in [0.2, 0.25) is 0 Å². The number of fused-ring (bicyclic) bond motifs is 1. The highest BCUT2D eigenvalue weighted by Crippen LogP contribution is 2.25. The second-order valence-corrected chi connectivity index (χ2v) is 7.05. The molecule has 0 radical (unpaired) electrons. The van der Waals surface area contributed by atoms with E-state index in [1.54, 1.807) is 4.90 Å². The van der Waals surface area contributed by atoms with Crippen LogP contribution >= 0.6 is 12.2 Å². The fourth-order valence-corrected chi connectivity index (χ4v) is 3.74. The van der Waals surface area contributed by atoms with Gasteiger partial charge in [0.15, 0.2) is 5.11 Å². The van der Waals surface area contributed by atoms with Crippen molar-refractivity contribution < 1.29 is 4.79 Å². The molecule has 0 spiro atoms. The van der Waals surface area contributed by atoms with Gasteiger partial charge in [-0.3, -0.25) is 9.69 Å². The van der Waals surface area contributed by atoms with Crippen molar-refractivity contribution in [1.82, 2.24) is 14.8 Å². The molecule has 1 amide bonds. The van der Waals surface area contributed by atoms with Crippen molar-refractivity contribution in [2.45, 2.75) is 19.9 Å². The van der Waals surface area contributed by atoms with E-state index in [0.29, 0.717) is 17.4 Å². The van der Waals surface area contributed by atoms with Crippen LogP contribution in [0.25, 0.3) is 17.0 Å². The summed E-state index contributed by atoms with van der Waals surface area (Å²) in [5.41, 5.74) is 3.93. The van der Waals surface area contributed by atoms with Gasteiger partial charge in [0.05, 0.1) is 0 Å². The molecule has 4 nitrogen and oxygen atoms in total. The number of para-hydroxylation sites is 1. The van der Waals surface area contributed by atoms with E-state index in [4.69, 9.17) is 12.2 Å². The highest BCUT2D eigenvalue weighted by atomic mass is 32.1. The molecule has 27 heavy (non-hydrogen) atoms. The number of thiocarbonyl (C=S) groups is 1. The van der Waals surface area contributed by atoms with Crippen LogP contribution in [0.1, 0.15) is 24.5 Å². The number of amides is 1. The fourth-order valence-electron chi connectivity index (χ4n) is 3.45. The molecule has 1 aliphatic rings. The van der Waals surface area contributed by atoms with Crippen molar-refractivity contribution in [2.75, 3.05) is 6.54 Å². The van der Waals surface area contributed by atoms with Crippen molar-refractivity contribution in [2.24, 2.45) is 0 Å². The molecule has 4 rings (SSSR count). The zero-order valence-corrected chi connectivity index (χ0v) is 16.0. The number of rotatable bonds is 5. The first-order valence-electron chi connectivity index (χ1n) is 9.13. The van der Waals surface area contributed by atoms with Gasteiger partial charge in [0, 0.05) is 35.8 Å². The third-order valence-electron chi connectivity index (χ3n) is 4.72. The lowest BCUT2D eigenvalue weighted by Crippen LogP contribution is -2.31. The minimum absolute atomic E-state index is 0.0539. The Morgan fingerprint density at radius 3 is 2.59 bits per heavy atom. The van der Waals surface area contributed by atoms with Gasteiger partial charge in [0.25, 0.3) is 5.91 Å². The molecule has 1 aromatic heterocycles. The first kappa shape index (κ1) is 17.5. The summed E-state index contributed by atoms with van der Waals surface area (Å²) in [5.74, 6) is -0.0539. The summed E-state index contributed by atoms with van der Waals surface area (Å²) in [5, 5.41) is 4.68. The first-order valence-corrected chi connectivity index (χ1v) is 9.54. The second kappa shape index (κ2) is 7.37. The summed E-state index contributed by atoms with van der Waals surface area (Å²) in [6.07, 6.45) is 4.89. The highest BCUT2D eigenvalue weighted by molar-refractivity contribution is 7.80. The van der Waals surface area contributed by atoms with Crippen LogP contribution < -0.4 is 5.32 Å². The topological polar surface area (TPSA) is 37.3 Å². The number of hydrogen-bond acceptors (Lipinski definition) is 2. The summed E-state index contributed by atoms with van der Waals surface area (Å²) in [6, 6.07) is 18.6. The quantitative estimate of drug-likeness (QED) is 0.537. The number of nitrogens with zero attached hydrogens (tertiary/aromatic N) is 2. The Balaban J connectivity index is 1.73. The van der Waals surface area contributed by atoms with E-state index in [0.717, 1.165) is 29.4 Å². The van der Waals surface area contributed by atoms with Gasteiger partial charge in [0.2, 0.25) is 0 Å². The number of carbonyl (C=O) groups excluding carboxylic acids is 1. The van der Waals surface area contributed by atoms with Gasteiger partial charge in [-0.05, 0) is 36.3 Å². The van der Waals surface area contributed by atoms with Crippen molar-refractivity contribution in [1.29, 1.82) is 0 Å². The zero-order chi connectivity index (χ0) is 18.8. The summed E-state index contributed by atoms with van der Waals surface area (Å²) < 4.78 is 2.22. The summed E-state index contributed by atoms with van der Waals surface area (Å²) in [7, 11) is 0. The molecule has 1 saturated heterocycles. The normalized spacial score (nSPS) is 15.7. The maximum Gasteiger partial charge on any atom is 0.276 e. The van der Waals surface area contributed by atoms with Crippen LogP contribution in [0.5, 0.6) is 0 Å². The molecular formula is C22H21N3OS. The lowest BCUT2D eigenvalue weighted by atomic mass is 10.1. The van der Waals surface area contributed by atoms with E-state index in [9.17, 15) is 4.79 Å². The van der Waals surface area contributed by atoms with Crippen molar-refractivity contribution >= 4 is 40.2 Å². The van der Waals surface area contributed by atoms with Crippen LogP contribution in [-0.2, 0) is 11.3 Å². The minimum Gasteiger partial charge on any atom is -0.342 e. The fraction of sp³-hybridized carbons (Fsp3) is 0.182. The molecule has 5 heteroatoms. The standard InChI is InChI=1S/C22H21N3OS/c1-2-12-25-21(26)19(23-22(25)27)13-17-15-24(14-16-8-4-3-5-9-16)20-11-7-6-10-18(17)20/h3-11,13,15H,2,12,14H2,1H3,(H,23,27). The van der Waals surface area contributed by atoms with Gasteiger partial charge < -0.3 is 9.88 Å². The van der Waals surface area contributed by atoms with Gasteiger partial charge in [-0.1, -0.05) is 55.5 Å². The Morgan fingerprint density at radius 1 is 1.07 bits per heavy atom. The second-order valence-electron chi connectivity index (χ2n) is 6.66. The average Bonchev–Trinajstić information content (AvgIpc) is 3.16. The van der Waals surface area contributed by atoms with Gasteiger partial charge >= 0.3 is 0 Å². The van der Waals surface area contributed by atoms with E-state index < -0.39 is 0 Å². The van der Waals surface area contributed by atoms with E-state index in [1.165, 1.54) is 5.56 Å². The van der Waals surface area contributed by atoms with E-state index in [2.05, 4.69) is 40.3 Å². The smallest absolute Gasteiger partial charge is 0.276 e. The van der Waals surface area contributed by atoms with Crippen molar-refractivity contribution in [3.8, 4) is 0 Å². The summed E-state index contributed by atoms with van der Waals surface area (Å²) in [4.78, 5) is 14.3. The zero-order valence-electron chi connectivity index (χ0n) is 15.2. The summed E-state index contributed by atoms with van der Waals surface area (Å²) in [6.45, 7) is 3.46. The summed E-state index contributed by atoms with van der Waals surface area (Å²) >= 11 is 5.31. The van der Waals surface area contributed by atoms with Gasteiger partial charge in [-0.25, -0.2) is 0 Å². The predicted molar refractivity (Wildman–Crippen MR) is 113 cm³/mol. The molecule has 136 valence electrons. The molecule has 2 heterocycles. The van der Waals surface area contributed by atoms with Gasteiger partial charge in [0.1, 0.15) is 5.70 Å². The molecule has 0 aliphatic carbocycles. The Morgan fingerprint density at radius 2 is 1.81 bits per heavy atom. The first-order chi connectivity index (χ1) is 13.2. The Bertz CT molecular complexity index is 1040. The number of nitrogens with one attached hydrogen (secondary N) is 1. The van der Waals surface area contributed by atoms with E-state index >= 15 is 0 Å². The third-order valence-corrected chi connectivity index (χ3v) is 5.05. The Kier molecular flexibility index (Phi) is 4.77. The molecule has 0 bridgehead atoms. The van der Waals surface area contributed by atoms with Crippen LogP contribution in [0.4, 0.5) is 0 Å². The van der Waals surface area contributed by atoms with Gasteiger partial charge in [-0.2, -0.15) is 0 Å². The minimum atomic E-state index is -0.0539. The van der Waals surface area contributed by atoms with Crippen LogP contribution in [-0.4, -0.2) is 27.0 Å². The molecule has 1 aliphatic heterocycles. The molecule has 0 saturated carbocycles.